The predicted octanol–water partition coefficient (Wildman–Crippen LogP) is 5.36. The molecule has 0 heterocycles. The van der Waals surface area contributed by atoms with Crippen LogP contribution in [0.3, 0.4) is 0 Å². The highest BCUT2D eigenvalue weighted by molar-refractivity contribution is 6.30. The SMILES string of the molecule is O=C(C=Cc1cccc([N+](=O)[O-])c1)c1ccc(OC(=O)c2ccc(Cl)cc2)cc1. The van der Waals surface area contributed by atoms with E-state index in [4.69, 9.17) is 16.3 Å². The molecule has 7 heteroatoms. The van der Waals surface area contributed by atoms with Crippen LogP contribution in [0.15, 0.2) is 78.9 Å². The number of allylic oxidation sites excluding steroid dienone is 1. The second-order valence-corrected chi connectivity index (χ2v) is 6.41. The van der Waals surface area contributed by atoms with E-state index in [-0.39, 0.29) is 11.5 Å². The van der Waals surface area contributed by atoms with Crippen molar-refractivity contribution in [2.75, 3.05) is 0 Å². The smallest absolute Gasteiger partial charge is 0.343 e. The molecule has 3 rings (SSSR count). The van der Waals surface area contributed by atoms with E-state index in [1.165, 1.54) is 48.6 Å². The predicted molar refractivity (Wildman–Crippen MR) is 109 cm³/mol. The molecule has 0 amide bonds. The van der Waals surface area contributed by atoms with Crippen LogP contribution >= 0.6 is 11.6 Å². The molecule has 0 spiro atoms. The van der Waals surface area contributed by atoms with Crippen molar-refractivity contribution < 1.29 is 19.2 Å². The molecule has 144 valence electrons. The van der Waals surface area contributed by atoms with E-state index < -0.39 is 10.9 Å². The van der Waals surface area contributed by atoms with Gasteiger partial charge in [-0.1, -0.05) is 29.8 Å². The summed E-state index contributed by atoms with van der Waals surface area (Å²) >= 11 is 5.79. The third-order valence-electron chi connectivity index (χ3n) is 3.94. The number of hydrogen-bond donors (Lipinski definition) is 0. The number of nitrogens with zero attached hydrogens (tertiary/aromatic N) is 1. The molecule has 0 saturated heterocycles. The topological polar surface area (TPSA) is 86.5 Å². The fourth-order valence-corrected chi connectivity index (χ4v) is 2.58. The van der Waals surface area contributed by atoms with Crippen molar-refractivity contribution >= 4 is 35.1 Å². The lowest BCUT2D eigenvalue weighted by Gasteiger charge is -2.05. The van der Waals surface area contributed by atoms with Crippen LogP contribution in [0.5, 0.6) is 5.75 Å². The molecule has 0 bridgehead atoms. The van der Waals surface area contributed by atoms with E-state index in [2.05, 4.69) is 0 Å². The number of esters is 1. The fraction of sp³-hybridized carbons (Fsp3) is 0. The molecule has 0 N–H and O–H groups in total. The molecule has 6 nitrogen and oxygen atoms in total. The highest BCUT2D eigenvalue weighted by Gasteiger charge is 2.10. The van der Waals surface area contributed by atoms with Crippen molar-refractivity contribution in [1.82, 2.24) is 0 Å². The molecule has 0 aliphatic rings. The summed E-state index contributed by atoms with van der Waals surface area (Å²) in [6.45, 7) is 0. The minimum absolute atomic E-state index is 0.0496. The van der Waals surface area contributed by atoms with E-state index in [1.807, 2.05) is 0 Å². The Balaban J connectivity index is 1.65. The quantitative estimate of drug-likeness (QED) is 0.137. The number of benzene rings is 3. The Morgan fingerprint density at radius 3 is 2.24 bits per heavy atom. The van der Waals surface area contributed by atoms with Crippen molar-refractivity contribution in [3.8, 4) is 5.75 Å². The van der Waals surface area contributed by atoms with Crippen molar-refractivity contribution in [1.29, 1.82) is 0 Å². The lowest BCUT2D eigenvalue weighted by atomic mass is 10.1. The summed E-state index contributed by atoms with van der Waals surface area (Å²) in [4.78, 5) is 34.7. The maximum Gasteiger partial charge on any atom is 0.343 e. The van der Waals surface area contributed by atoms with Crippen LogP contribution in [0.4, 0.5) is 5.69 Å². The van der Waals surface area contributed by atoms with Crippen molar-refractivity contribution in [2.45, 2.75) is 0 Å². The number of ketones is 1. The van der Waals surface area contributed by atoms with E-state index in [9.17, 15) is 19.7 Å². The average Bonchev–Trinajstić information content (AvgIpc) is 2.73. The molecule has 0 radical (unpaired) electrons. The summed E-state index contributed by atoms with van der Waals surface area (Å²) in [5.74, 6) is -0.525. The number of carbonyl (C=O) groups excluding carboxylic acids is 2. The van der Waals surface area contributed by atoms with Crippen LogP contribution in [0.25, 0.3) is 6.08 Å². The lowest BCUT2D eigenvalue weighted by Crippen LogP contribution is -2.08. The first-order chi connectivity index (χ1) is 13.9. The molecule has 0 atom stereocenters. The normalized spacial score (nSPS) is 10.7. The van der Waals surface area contributed by atoms with Gasteiger partial charge in [0.1, 0.15) is 5.75 Å². The van der Waals surface area contributed by atoms with Crippen molar-refractivity contribution in [2.24, 2.45) is 0 Å². The van der Waals surface area contributed by atoms with Crippen LogP contribution in [0.2, 0.25) is 5.02 Å². The Bertz CT molecular complexity index is 1090. The zero-order valence-electron chi connectivity index (χ0n) is 14.9. The van der Waals surface area contributed by atoms with Crippen LogP contribution in [-0.2, 0) is 0 Å². The Labute approximate surface area is 171 Å². The van der Waals surface area contributed by atoms with Gasteiger partial charge in [0.25, 0.3) is 5.69 Å². The van der Waals surface area contributed by atoms with Crippen LogP contribution < -0.4 is 4.74 Å². The van der Waals surface area contributed by atoms with Gasteiger partial charge in [0.2, 0.25) is 0 Å². The van der Waals surface area contributed by atoms with Gasteiger partial charge in [-0.2, -0.15) is 0 Å². The molecule has 0 aromatic heterocycles. The molecular formula is C22H14ClNO5. The van der Waals surface area contributed by atoms with Crippen LogP contribution in [-0.4, -0.2) is 16.7 Å². The minimum Gasteiger partial charge on any atom is -0.423 e. The summed E-state index contributed by atoms with van der Waals surface area (Å²) in [7, 11) is 0. The maximum atomic E-state index is 12.3. The first-order valence-corrected chi connectivity index (χ1v) is 8.85. The summed E-state index contributed by atoms with van der Waals surface area (Å²) < 4.78 is 5.26. The zero-order chi connectivity index (χ0) is 20.8. The first-order valence-electron chi connectivity index (χ1n) is 8.47. The third kappa shape index (κ3) is 5.37. The summed E-state index contributed by atoms with van der Waals surface area (Å²) in [6.07, 6.45) is 2.83. The lowest BCUT2D eigenvalue weighted by molar-refractivity contribution is -0.384. The Kier molecular flexibility index (Phi) is 6.16. The van der Waals surface area contributed by atoms with E-state index in [0.29, 0.717) is 27.5 Å². The van der Waals surface area contributed by atoms with Gasteiger partial charge < -0.3 is 4.74 Å². The fourth-order valence-electron chi connectivity index (χ4n) is 2.45. The summed E-state index contributed by atoms with van der Waals surface area (Å²) in [5, 5.41) is 11.3. The Morgan fingerprint density at radius 2 is 1.59 bits per heavy atom. The maximum absolute atomic E-state index is 12.3. The molecule has 29 heavy (non-hydrogen) atoms. The van der Waals surface area contributed by atoms with Gasteiger partial charge in [-0.3, -0.25) is 14.9 Å². The van der Waals surface area contributed by atoms with E-state index in [0.717, 1.165) is 0 Å². The van der Waals surface area contributed by atoms with Crippen LogP contribution in [0.1, 0.15) is 26.3 Å². The minimum atomic E-state index is -0.536. The highest BCUT2D eigenvalue weighted by atomic mass is 35.5. The number of carbonyl (C=O) groups is 2. The van der Waals surface area contributed by atoms with Gasteiger partial charge in [-0.15, -0.1) is 0 Å². The molecule has 3 aromatic rings. The number of nitro benzene ring substituents is 1. The molecule has 0 aliphatic carbocycles. The van der Waals surface area contributed by atoms with Crippen molar-refractivity contribution in [3.05, 3.63) is 111 Å². The second kappa shape index (κ2) is 8.95. The van der Waals surface area contributed by atoms with Gasteiger partial charge in [0, 0.05) is 22.7 Å². The highest BCUT2D eigenvalue weighted by Crippen LogP contribution is 2.18. The van der Waals surface area contributed by atoms with E-state index >= 15 is 0 Å². The monoisotopic (exact) mass is 407 g/mol. The Morgan fingerprint density at radius 1 is 0.931 bits per heavy atom. The first kappa shape index (κ1) is 20.0. The van der Waals surface area contributed by atoms with Gasteiger partial charge in [-0.05, 0) is 60.2 Å². The zero-order valence-corrected chi connectivity index (χ0v) is 15.7. The number of ether oxygens (including phenoxy) is 1. The van der Waals surface area contributed by atoms with Crippen LogP contribution in [0, 0.1) is 10.1 Å². The Hall–Kier alpha value is -3.77. The van der Waals surface area contributed by atoms with Gasteiger partial charge >= 0.3 is 5.97 Å². The largest absolute Gasteiger partial charge is 0.423 e. The number of halogens is 1. The number of hydrogen-bond acceptors (Lipinski definition) is 5. The van der Waals surface area contributed by atoms with Crippen molar-refractivity contribution in [3.63, 3.8) is 0 Å². The van der Waals surface area contributed by atoms with Gasteiger partial charge in [0.15, 0.2) is 5.78 Å². The van der Waals surface area contributed by atoms with Gasteiger partial charge in [0.05, 0.1) is 10.5 Å². The average molecular weight is 408 g/mol. The number of rotatable bonds is 6. The molecule has 0 saturated carbocycles. The summed E-state index contributed by atoms with van der Waals surface area (Å²) in [6, 6.07) is 18.4. The van der Waals surface area contributed by atoms with Gasteiger partial charge in [-0.25, -0.2) is 4.79 Å². The number of nitro groups is 1. The molecular weight excluding hydrogens is 394 g/mol. The summed E-state index contributed by atoms with van der Waals surface area (Å²) in [5.41, 5.74) is 1.24. The standard InChI is InChI=1S/C22H14ClNO5/c23-18-9-5-17(6-10-18)22(26)29-20-11-7-16(8-12-20)21(25)13-4-15-2-1-3-19(14-15)24(27)28/h1-14H. The molecule has 3 aromatic carbocycles. The third-order valence-corrected chi connectivity index (χ3v) is 4.19. The van der Waals surface area contributed by atoms with E-state index in [1.54, 1.807) is 36.4 Å². The molecule has 0 fully saturated rings. The molecule has 0 unspecified atom stereocenters. The number of non-ortho nitro benzene ring substituents is 1. The second-order valence-electron chi connectivity index (χ2n) is 5.97. The molecule has 0 aliphatic heterocycles.